The quantitative estimate of drug-likeness (QED) is 0.773. The van der Waals surface area contributed by atoms with Gasteiger partial charge in [-0.15, -0.1) is 0 Å². The Balaban J connectivity index is 1.51. The molecule has 1 spiro atoms. The molecule has 7 nitrogen and oxygen atoms in total. The van der Waals surface area contributed by atoms with Crippen LogP contribution in [-0.4, -0.2) is 48.3 Å². The molecule has 2 aliphatic rings. The van der Waals surface area contributed by atoms with Crippen LogP contribution in [0.4, 0.5) is 4.79 Å². The van der Waals surface area contributed by atoms with Crippen LogP contribution in [0.15, 0.2) is 48.5 Å². The molecule has 4 amide bonds. The van der Waals surface area contributed by atoms with E-state index in [1.807, 2.05) is 48.5 Å². The minimum absolute atomic E-state index is 0.291. The number of amides is 4. The highest BCUT2D eigenvalue weighted by atomic mass is 16.5. The summed E-state index contributed by atoms with van der Waals surface area (Å²) in [7, 11) is 3.23. The summed E-state index contributed by atoms with van der Waals surface area (Å²) in [5.41, 5.74) is 1.70. The Morgan fingerprint density at radius 3 is 2.70 bits per heavy atom. The van der Waals surface area contributed by atoms with E-state index in [0.29, 0.717) is 18.7 Å². The fourth-order valence-corrected chi connectivity index (χ4v) is 4.39. The predicted molar refractivity (Wildman–Crippen MR) is 111 cm³/mol. The van der Waals surface area contributed by atoms with Crippen LogP contribution in [0.1, 0.15) is 29.5 Å². The van der Waals surface area contributed by atoms with E-state index in [4.69, 9.17) is 4.74 Å². The summed E-state index contributed by atoms with van der Waals surface area (Å²) in [5, 5.41) is 2.88. The Morgan fingerprint density at radius 2 is 1.90 bits per heavy atom. The third-order valence-electron chi connectivity index (χ3n) is 5.97. The summed E-state index contributed by atoms with van der Waals surface area (Å²) < 4.78 is 5.34. The van der Waals surface area contributed by atoms with Crippen LogP contribution in [0.2, 0.25) is 0 Å². The number of likely N-dealkylation sites (N-methyl/N-ethyl adjacent to an activating group) is 1. The van der Waals surface area contributed by atoms with Crippen LogP contribution in [-0.2, 0) is 28.1 Å². The summed E-state index contributed by atoms with van der Waals surface area (Å²) in [6, 6.07) is 14.6. The molecule has 0 aromatic heterocycles. The SMILES string of the molecule is COc1ccccc1CN(C)C(=O)CN1C(=O)NC2(CCCc3ccccc32)C1=O. The summed E-state index contributed by atoms with van der Waals surface area (Å²) >= 11 is 0. The molecule has 1 aliphatic carbocycles. The average Bonchev–Trinajstić information content (AvgIpc) is 2.99. The summed E-state index contributed by atoms with van der Waals surface area (Å²) in [5.74, 6) is 0.0224. The number of urea groups is 1. The normalized spacial score (nSPS) is 20.1. The zero-order valence-electron chi connectivity index (χ0n) is 17.2. The number of benzene rings is 2. The lowest BCUT2D eigenvalue weighted by atomic mass is 9.76. The van der Waals surface area contributed by atoms with Crippen LogP contribution in [0.3, 0.4) is 0 Å². The first-order valence-electron chi connectivity index (χ1n) is 10.0. The molecule has 4 rings (SSSR count). The number of carbonyl (C=O) groups is 3. The maximum absolute atomic E-state index is 13.3. The highest BCUT2D eigenvalue weighted by Gasteiger charge is 2.54. The van der Waals surface area contributed by atoms with Crippen molar-refractivity contribution >= 4 is 17.8 Å². The van der Waals surface area contributed by atoms with E-state index in [1.54, 1.807) is 14.2 Å². The van der Waals surface area contributed by atoms with Crippen LogP contribution in [0.25, 0.3) is 0 Å². The number of para-hydroxylation sites is 1. The molecule has 7 heteroatoms. The Labute approximate surface area is 175 Å². The molecule has 1 atom stereocenters. The second-order valence-corrected chi connectivity index (χ2v) is 7.80. The number of nitrogens with zero attached hydrogens (tertiary/aromatic N) is 2. The van der Waals surface area contributed by atoms with Gasteiger partial charge in [0.25, 0.3) is 5.91 Å². The number of aryl methyl sites for hydroxylation is 1. The lowest BCUT2D eigenvalue weighted by Crippen LogP contribution is -2.47. The van der Waals surface area contributed by atoms with Crippen molar-refractivity contribution in [2.75, 3.05) is 20.7 Å². The van der Waals surface area contributed by atoms with E-state index in [1.165, 1.54) is 4.90 Å². The van der Waals surface area contributed by atoms with Gasteiger partial charge in [-0.25, -0.2) is 4.79 Å². The van der Waals surface area contributed by atoms with Crippen molar-refractivity contribution in [1.82, 2.24) is 15.1 Å². The number of fused-ring (bicyclic) bond motifs is 2. The fourth-order valence-electron chi connectivity index (χ4n) is 4.39. The van der Waals surface area contributed by atoms with Gasteiger partial charge in [0.05, 0.1) is 7.11 Å². The standard InChI is InChI=1S/C23H25N3O4/c1-25(14-17-9-4-6-12-19(17)30-2)20(27)15-26-21(28)23(24-22(26)29)13-7-10-16-8-3-5-11-18(16)23/h3-6,8-9,11-12H,7,10,13-15H2,1-2H3,(H,24,29). The number of nitrogens with one attached hydrogen (secondary N) is 1. The largest absolute Gasteiger partial charge is 0.496 e. The molecule has 1 aliphatic heterocycles. The van der Waals surface area contributed by atoms with E-state index >= 15 is 0 Å². The molecule has 156 valence electrons. The fraction of sp³-hybridized carbons (Fsp3) is 0.348. The maximum atomic E-state index is 13.3. The van der Waals surface area contributed by atoms with E-state index < -0.39 is 11.6 Å². The second kappa shape index (κ2) is 7.82. The first-order chi connectivity index (χ1) is 14.5. The molecular formula is C23H25N3O4. The molecule has 2 aromatic rings. The number of methoxy groups -OCH3 is 1. The third kappa shape index (κ3) is 3.30. The van der Waals surface area contributed by atoms with E-state index in [0.717, 1.165) is 34.4 Å². The maximum Gasteiger partial charge on any atom is 0.325 e. The van der Waals surface area contributed by atoms with Crippen molar-refractivity contribution < 1.29 is 19.1 Å². The first-order valence-corrected chi connectivity index (χ1v) is 10.0. The highest BCUT2D eigenvalue weighted by Crippen LogP contribution is 2.39. The van der Waals surface area contributed by atoms with Crippen molar-refractivity contribution in [3.8, 4) is 5.75 Å². The number of hydrogen-bond acceptors (Lipinski definition) is 4. The van der Waals surface area contributed by atoms with Gasteiger partial charge in [-0.2, -0.15) is 0 Å². The molecule has 1 heterocycles. The van der Waals surface area contributed by atoms with E-state index in [9.17, 15) is 14.4 Å². The second-order valence-electron chi connectivity index (χ2n) is 7.80. The van der Waals surface area contributed by atoms with Crippen molar-refractivity contribution in [3.05, 3.63) is 65.2 Å². The Hall–Kier alpha value is -3.35. The minimum Gasteiger partial charge on any atom is -0.496 e. The molecule has 2 aromatic carbocycles. The van der Waals surface area contributed by atoms with Gasteiger partial charge in [-0.05, 0) is 36.5 Å². The zero-order chi connectivity index (χ0) is 21.3. The van der Waals surface area contributed by atoms with Crippen molar-refractivity contribution in [2.45, 2.75) is 31.3 Å². The summed E-state index contributed by atoms with van der Waals surface area (Å²) in [6.07, 6.45) is 2.22. The average molecular weight is 407 g/mol. The van der Waals surface area contributed by atoms with Crippen LogP contribution in [0, 0.1) is 0 Å². The predicted octanol–water partition coefficient (Wildman–Crippen LogP) is 2.44. The van der Waals surface area contributed by atoms with Crippen molar-refractivity contribution in [2.24, 2.45) is 0 Å². The Kier molecular flexibility index (Phi) is 5.20. The van der Waals surface area contributed by atoms with Gasteiger partial charge in [0.2, 0.25) is 5.91 Å². The van der Waals surface area contributed by atoms with Gasteiger partial charge in [-0.3, -0.25) is 14.5 Å². The lowest BCUT2D eigenvalue weighted by Gasteiger charge is -2.33. The zero-order valence-corrected chi connectivity index (χ0v) is 17.2. The molecule has 1 unspecified atom stereocenters. The molecule has 1 saturated heterocycles. The minimum atomic E-state index is -1.06. The number of ether oxygens (including phenoxy) is 1. The topological polar surface area (TPSA) is 79.0 Å². The van der Waals surface area contributed by atoms with Crippen molar-refractivity contribution in [1.29, 1.82) is 0 Å². The third-order valence-corrected chi connectivity index (χ3v) is 5.97. The number of rotatable bonds is 5. The van der Waals surface area contributed by atoms with Gasteiger partial charge in [0, 0.05) is 19.2 Å². The molecule has 1 N–H and O–H groups in total. The van der Waals surface area contributed by atoms with Gasteiger partial charge in [0.1, 0.15) is 17.8 Å². The van der Waals surface area contributed by atoms with Crippen LogP contribution in [0.5, 0.6) is 5.75 Å². The molecular weight excluding hydrogens is 382 g/mol. The van der Waals surface area contributed by atoms with Gasteiger partial charge in [-0.1, -0.05) is 42.5 Å². The first kappa shape index (κ1) is 19.9. The van der Waals surface area contributed by atoms with E-state index in [-0.39, 0.29) is 18.4 Å². The Morgan fingerprint density at radius 1 is 1.17 bits per heavy atom. The summed E-state index contributed by atoms with van der Waals surface area (Å²) in [4.78, 5) is 41.4. The molecule has 0 saturated carbocycles. The van der Waals surface area contributed by atoms with Gasteiger partial charge >= 0.3 is 6.03 Å². The monoisotopic (exact) mass is 407 g/mol. The van der Waals surface area contributed by atoms with Crippen LogP contribution < -0.4 is 10.1 Å². The Bertz CT molecular complexity index is 1010. The molecule has 0 radical (unpaired) electrons. The smallest absolute Gasteiger partial charge is 0.325 e. The number of carbonyl (C=O) groups excluding carboxylic acids is 3. The molecule has 1 fully saturated rings. The van der Waals surface area contributed by atoms with Gasteiger partial charge < -0.3 is 15.0 Å². The van der Waals surface area contributed by atoms with E-state index in [2.05, 4.69) is 5.32 Å². The summed E-state index contributed by atoms with van der Waals surface area (Å²) in [6.45, 7) is 0.0285. The van der Waals surface area contributed by atoms with Crippen molar-refractivity contribution in [3.63, 3.8) is 0 Å². The number of imide groups is 1. The lowest BCUT2D eigenvalue weighted by molar-refractivity contribution is -0.139. The molecule has 30 heavy (non-hydrogen) atoms. The molecule has 0 bridgehead atoms. The van der Waals surface area contributed by atoms with Gasteiger partial charge in [0.15, 0.2) is 0 Å². The highest BCUT2D eigenvalue weighted by molar-refractivity contribution is 6.09. The number of hydrogen-bond donors (Lipinski definition) is 1. The van der Waals surface area contributed by atoms with Crippen LogP contribution >= 0.6 is 0 Å².